The number of amides is 1. The number of carbonyl (C=O) groups excluding carboxylic acids is 1. The lowest BCUT2D eigenvalue weighted by Crippen LogP contribution is -2.35. The highest BCUT2D eigenvalue weighted by Crippen LogP contribution is 2.41. The maximum Gasteiger partial charge on any atom is 0.259 e. The van der Waals surface area contributed by atoms with Crippen LogP contribution >= 0.6 is 0 Å². The molecule has 0 spiro atoms. The Morgan fingerprint density at radius 3 is 2.42 bits per heavy atom. The zero-order valence-electron chi connectivity index (χ0n) is 17.2. The Kier molecular flexibility index (Phi) is 5.00. The third-order valence-corrected chi connectivity index (χ3v) is 5.68. The van der Waals surface area contributed by atoms with Crippen molar-refractivity contribution >= 4 is 17.0 Å². The third-order valence-electron chi connectivity index (χ3n) is 5.68. The molecule has 5 rings (SSSR count). The highest BCUT2D eigenvalue weighted by Gasteiger charge is 2.30. The van der Waals surface area contributed by atoms with E-state index in [2.05, 4.69) is 15.5 Å². The summed E-state index contributed by atoms with van der Waals surface area (Å²) >= 11 is 0. The van der Waals surface area contributed by atoms with Crippen molar-refractivity contribution in [3.05, 3.63) is 83.6 Å². The minimum Gasteiger partial charge on any atom is -0.391 e. The predicted molar refractivity (Wildman–Crippen MR) is 118 cm³/mol. The SMILES string of the molecule is CC(O)C(NC(=O)c1cc(C2CC2)nc2onc(-c3ccccc3)c12)c1ccccc1. The Bertz CT molecular complexity index is 1210. The average molecular weight is 413 g/mol. The van der Waals surface area contributed by atoms with Crippen LogP contribution in [0.5, 0.6) is 0 Å². The Labute approximate surface area is 179 Å². The maximum atomic E-state index is 13.5. The van der Waals surface area contributed by atoms with Crippen molar-refractivity contribution in [3.63, 3.8) is 0 Å². The molecule has 6 heteroatoms. The first-order chi connectivity index (χ1) is 15.1. The molecule has 0 radical (unpaired) electrons. The number of rotatable bonds is 6. The molecule has 1 saturated carbocycles. The van der Waals surface area contributed by atoms with Crippen LogP contribution in [-0.4, -0.2) is 27.3 Å². The molecule has 6 nitrogen and oxygen atoms in total. The number of pyridine rings is 1. The molecule has 1 amide bonds. The number of carbonyl (C=O) groups is 1. The van der Waals surface area contributed by atoms with Gasteiger partial charge in [-0.3, -0.25) is 4.79 Å². The van der Waals surface area contributed by atoms with E-state index >= 15 is 0 Å². The molecule has 1 aliphatic carbocycles. The molecule has 2 aromatic carbocycles. The van der Waals surface area contributed by atoms with Gasteiger partial charge in [-0.25, -0.2) is 4.98 Å². The van der Waals surface area contributed by atoms with E-state index in [1.54, 1.807) is 6.92 Å². The zero-order chi connectivity index (χ0) is 21.4. The topological polar surface area (TPSA) is 88.2 Å². The summed E-state index contributed by atoms with van der Waals surface area (Å²) in [7, 11) is 0. The van der Waals surface area contributed by atoms with Crippen molar-refractivity contribution in [2.75, 3.05) is 0 Å². The average Bonchev–Trinajstić information content (AvgIpc) is 3.56. The summed E-state index contributed by atoms with van der Waals surface area (Å²) in [6.07, 6.45) is 1.35. The van der Waals surface area contributed by atoms with Crippen molar-refractivity contribution in [1.29, 1.82) is 0 Å². The highest BCUT2D eigenvalue weighted by molar-refractivity contribution is 6.09. The fraction of sp³-hybridized carbons (Fsp3) is 0.240. The standard InChI is InChI=1S/C25H23N3O3/c1-15(29)22(17-8-4-2-5-9-17)27-24(30)19-14-20(16-12-13-16)26-25-21(19)23(28-31-25)18-10-6-3-7-11-18/h2-11,14-16,22,29H,12-13H2,1H3,(H,27,30). The number of aliphatic hydroxyl groups excluding tert-OH is 1. The van der Waals surface area contributed by atoms with E-state index in [1.807, 2.05) is 66.7 Å². The van der Waals surface area contributed by atoms with E-state index < -0.39 is 12.1 Å². The lowest BCUT2D eigenvalue weighted by atomic mass is 10.00. The number of aromatic nitrogens is 2. The normalized spacial score (nSPS) is 15.5. The van der Waals surface area contributed by atoms with Gasteiger partial charge in [0, 0.05) is 17.2 Å². The molecule has 2 N–H and O–H groups in total. The maximum absolute atomic E-state index is 13.5. The number of benzene rings is 2. The number of nitrogens with one attached hydrogen (secondary N) is 1. The van der Waals surface area contributed by atoms with Gasteiger partial charge in [0.2, 0.25) is 0 Å². The summed E-state index contributed by atoms with van der Waals surface area (Å²) in [5.41, 5.74) is 3.96. The Morgan fingerprint density at radius 1 is 1.10 bits per heavy atom. The first-order valence-corrected chi connectivity index (χ1v) is 10.5. The van der Waals surface area contributed by atoms with Crippen molar-refractivity contribution in [2.24, 2.45) is 0 Å². The van der Waals surface area contributed by atoms with E-state index in [0.717, 1.165) is 29.7 Å². The second-order valence-electron chi connectivity index (χ2n) is 8.05. The molecule has 2 aromatic heterocycles. The lowest BCUT2D eigenvalue weighted by molar-refractivity contribution is 0.0859. The zero-order valence-corrected chi connectivity index (χ0v) is 17.2. The fourth-order valence-corrected chi connectivity index (χ4v) is 3.89. The molecule has 31 heavy (non-hydrogen) atoms. The first-order valence-electron chi connectivity index (χ1n) is 10.5. The van der Waals surface area contributed by atoms with Crippen LogP contribution in [0.2, 0.25) is 0 Å². The first kappa shape index (κ1) is 19.5. The van der Waals surface area contributed by atoms with E-state index in [4.69, 9.17) is 4.52 Å². The molecule has 1 aliphatic rings. The largest absolute Gasteiger partial charge is 0.391 e. The van der Waals surface area contributed by atoms with Crippen LogP contribution in [0.15, 0.2) is 71.3 Å². The lowest BCUT2D eigenvalue weighted by Gasteiger charge is -2.22. The van der Waals surface area contributed by atoms with Gasteiger partial charge in [-0.2, -0.15) is 0 Å². The van der Waals surface area contributed by atoms with Crippen LogP contribution < -0.4 is 5.32 Å². The second kappa shape index (κ2) is 7.96. The number of fused-ring (bicyclic) bond motifs is 1. The molecular formula is C25H23N3O3. The Morgan fingerprint density at radius 2 is 1.77 bits per heavy atom. The molecule has 1 fully saturated rings. The molecule has 4 aromatic rings. The van der Waals surface area contributed by atoms with Gasteiger partial charge in [0.05, 0.1) is 23.1 Å². The number of nitrogens with zero attached hydrogens (tertiary/aromatic N) is 2. The molecule has 0 aliphatic heterocycles. The van der Waals surface area contributed by atoms with Crippen molar-refractivity contribution < 1.29 is 14.4 Å². The number of aliphatic hydroxyl groups is 1. The van der Waals surface area contributed by atoms with Gasteiger partial charge < -0.3 is 14.9 Å². The minimum absolute atomic E-state index is 0.288. The van der Waals surface area contributed by atoms with Gasteiger partial charge in [-0.15, -0.1) is 0 Å². The molecule has 0 bridgehead atoms. The van der Waals surface area contributed by atoms with Gasteiger partial charge in [0.15, 0.2) is 0 Å². The highest BCUT2D eigenvalue weighted by atomic mass is 16.5. The predicted octanol–water partition coefficient (Wildman–Crippen LogP) is 4.62. The van der Waals surface area contributed by atoms with Gasteiger partial charge in [0.1, 0.15) is 5.69 Å². The van der Waals surface area contributed by atoms with Crippen molar-refractivity contribution in [2.45, 2.75) is 37.8 Å². The van der Waals surface area contributed by atoms with Gasteiger partial charge in [0.25, 0.3) is 11.6 Å². The van der Waals surface area contributed by atoms with Crippen molar-refractivity contribution in [1.82, 2.24) is 15.5 Å². The van der Waals surface area contributed by atoms with E-state index in [-0.39, 0.29) is 5.91 Å². The van der Waals surface area contributed by atoms with Crippen LogP contribution in [0.1, 0.15) is 53.3 Å². The third kappa shape index (κ3) is 3.82. The smallest absolute Gasteiger partial charge is 0.259 e. The van der Waals surface area contributed by atoms with Crippen molar-refractivity contribution in [3.8, 4) is 11.3 Å². The van der Waals surface area contributed by atoms with Crippen LogP contribution in [0.3, 0.4) is 0 Å². The van der Waals surface area contributed by atoms with E-state index in [0.29, 0.717) is 28.3 Å². The fourth-order valence-electron chi connectivity index (χ4n) is 3.89. The van der Waals surface area contributed by atoms with Gasteiger partial charge in [-0.05, 0) is 31.4 Å². The Balaban J connectivity index is 1.60. The molecular weight excluding hydrogens is 390 g/mol. The van der Waals surface area contributed by atoms with E-state index in [1.165, 1.54) is 0 Å². The quantitative estimate of drug-likeness (QED) is 0.482. The Hall–Kier alpha value is -3.51. The van der Waals surface area contributed by atoms with E-state index in [9.17, 15) is 9.90 Å². The van der Waals surface area contributed by atoms with Crippen LogP contribution in [0.4, 0.5) is 0 Å². The summed E-state index contributed by atoms with van der Waals surface area (Å²) in [4.78, 5) is 18.1. The number of hydrogen-bond donors (Lipinski definition) is 2. The molecule has 2 heterocycles. The molecule has 0 saturated heterocycles. The summed E-state index contributed by atoms with van der Waals surface area (Å²) in [5, 5.41) is 18.2. The summed E-state index contributed by atoms with van der Waals surface area (Å²) in [6.45, 7) is 1.67. The van der Waals surface area contributed by atoms with Gasteiger partial charge >= 0.3 is 0 Å². The molecule has 156 valence electrons. The molecule has 2 unspecified atom stereocenters. The van der Waals surface area contributed by atoms with Crippen LogP contribution in [0, 0.1) is 0 Å². The van der Waals surface area contributed by atoms with Crippen LogP contribution in [0.25, 0.3) is 22.4 Å². The summed E-state index contributed by atoms with van der Waals surface area (Å²) in [5.74, 6) is 0.0624. The summed E-state index contributed by atoms with van der Waals surface area (Å²) in [6, 6.07) is 20.4. The van der Waals surface area contributed by atoms with Crippen LogP contribution in [-0.2, 0) is 0 Å². The summed E-state index contributed by atoms with van der Waals surface area (Å²) < 4.78 is 5.56. The molecule has 2 atom stereocenters. The second-order valence-corrected chi connectivity index (χ2v) is 8.05. The monoisotopic (exact) mass is 413 g/mol. The minimum atomic E-state index is -0.761. The van der Waals surface area contributed by atoms with Gasteiger partial charge in [-0.1, -0.05) is 65.8 Å². The number of hydrogen-bond acceptors (Lipinski definition) is 5.